The number of amides is 1. The molecule has 0 radical (unpaired) electrons. The highest BCUT2D eigenvalue weighted by Crippen LogP contribution is 2.24. The molecule has 0 aromatic heterocycles. The van der Waals surface area contributed by atoms with Gasteiger partial charge in [0.05, 0.1) is 24.2 Å². The number of hydrogen-bond donors (Lipinski definition) is 3. The fraction of sp³-hybridized carbons (Fsp3) is 0.231. The van der Waals surface area contributed by atoms with Gasteiger partial charge in [-0.1, -0.05) is 29.8 Å². The SMILES string of the molecule is COc1ccc(NS(=O)(=O)c2ccc(NC(=S)NC(=O)c3cc(Br)ccc3OCCC(C)C)cc2)cc1. The van der Waals surface area contributed by atoms with Gasteiger partial charge in [-0.3, -0.25) is 14.8 Å². The largest absolute Gasteiger partial charge is 0.497 e. The average Bonchev–Trinajstić information content (AvgIpc) is 2.85. The van der Waals surface area contributed by atoms with E-state index in [0.717, 1.165) is 10.9 Å². The molecule has 0 atom stereocenters. The van der Waals surface area contributed by atoms with Crippen LogP contribution in [0.4, 0.5) is 11.4 Å². The normalized spacial score (nSPS) is 11.1. The predicted octanol–water partition coefficient (Wildman–Crippen LogP) is 5.81. The number of benzene rings is 3. The van der Waals surface area contributed by atoms with Crippen molar-refractivity contribution >= 4 is 60.6 Å². The van der Waals surface area contributed by atoms with Gasteiger partial charge in [-0.05, 0) is 91.3 Å². The summed E-state index contributed by atoms with van der Waals surface area (Å²) in [5, 5.41) is 5.59. The molecule has 0 fully saturated rings. The lowest BCUT2D eigenvalue weighted by Gasteiger charge is -2.14. The average molecular weight is 607 g/mol. The van der Waals surface area contributed by atoms with E-state index in [-0.39, 0.29) is 10.0 Å². The van der Waals surface area contributed by atoms with E-state index in [9.17, 15) is 13.2 Å². The second kappa shape index (κ2) is 12.9. The van der Waals surface area contributed by atoms with Crippen molar-refractivity contribution in [2.24, 2.45) is 5.92 Å². The van der Waals surface area contributed by atoms with Crippen molar-refractivity contribution in [2.75, 3.05) is 23.8 Å². The van der Waals surface area contributed by atoms with Gasteiger partial charge < -0.3 is 14.8 Å². The molecule has 1 amide bonds. The Kier molecular flexibility index (Phi) is 9.90. The van der Waals surface area contributed by atoms with Gasteiger partial charge in [0.2, 0.25) is 0 Å². The molecule has 37 heavy (non-hydrogen) atoms. The maximum atomic E-state index is 12.9. The van der Waals surface area contributed by atoms with Crippen molar-refractivity contribution in [2.45, 2.75) is 25.2 Å². The van der Waals surface area contributed by atoms with E-state index >= 15 is 0 Å². The molecule has 11 heteroatoms. The monoisotopic (exact) mass is 605 g/mol. The van der Waals surface area contributed by atoms with E-state index in [1.54, 1.807) is 54.6 Å². The molecule has 8 nitrogen and oxygen atoms in total. The van der Waals surface area contributed by atoms with E-state index in [0.29, 0.717) is 41.0 Å². The summed E-state index contributed by atoms with van der Waals surface area (Å²) in [6, 6.07) is 17.7. The first-order valence-electron chi connectivity index (χ1n) is 11.4. The Morgan fingerprint density at radius 3 is 2.27 bits per heavy atom. The first kappa shape index (κ1) is 28.4. The zero-order chi connectivity index (χ0) is 27.0. The summed E-state index contributed by atoms with van der Waals surface area (Å²) < 4.78 is 39.5. The van der Waals surface area contributed by atoms with Crippen LogP contribution in [-0.2, 0) is 10.0 Å². The Hall–Kier alpha value is -3.15. The van der Waals surface area contributed by atoms with Crippen LogP contribution < -0.4 is 24.8 Å². The first-order chi connectivity index (χ1) is 17.6. The molecule has 0 heterocycles. The lowest BCUT2D eigenvalue weighted by molar-refractivity contribution is 0.0973. The lowest BCUT2D eigenvalue weighted by Crippen LogP contribution is -2.34. The number of thiocarbonyl (C=S) groups is 1. The Bertz CT molecular complexity index is 1350. The minimum atomic E-state index is -3.79. The minimum Gasteiger partial charge on any atom is -0.497 e. The summed E-state index contributed by atoms with van der Waals surface area (Å²) in [7, 11) is -2.26. The zero-order valence-corrected chi connectivity index (χ0v) is 23.8. The third-order valence-corrected chi connectivity index (χ3v) is 7.23. The molecule has 0 aliphatic heterocycles. The van der Waals surface area contributed by atoms with Crippen LogP contribution in [0.3, 0.4) is 0 Å². The Morgan fingerprint density at radius 1 is 1.00 bits per heavy atom. The highest BCUT2D eigenvalue weighted by molar-refractivity contribution is 9.10. The second-order valence-electron chi connectivity index (χ2n) is 8.44. The summed E-state index contributed by atoms with van der Waals surface area (Å²) in [5.74, 6) is 1.13. The summed E-state index contributed by atoms with van der Waals surface area (Å²) in [5.41, 5.74) is 1.26. The van der Waals surface area contributed by atoms with Crippen molar-refractivity contribution in [3.05, 3.63) is 76.8 Å². The van der Waals surface area contributed by atoms with Crippen molar-refractivity contribution in [1.82, 2.24) is 5.32 Å². The van der Waals surface area contributed by atoms with E-state index in [1.165, 1.54) is 19.2 Å². The number of ether oxygens (including phenoxy) is 2. The second-order valence-corrected chi connectivity index (χ2v) is 11.4. The smallest absolute Gasteiger partial charge is 0.261 e. The molecular formula is C26H28BrN3O5S2. The van der Waals surface area contributed by atoms with Gasteiger partial charge >= 0.3 is 0 Å². The summed E-state index contributed by atoms with van der Waals surface area (Å²) in [6.45, 7) is 4.69. The molecule has 0 aliphatic carbocycles. The molecule has 0 saturated heterocycles. The molecule has 0 saturated carbocycles. The number of carbonyl (C=O) groups excluding carboxylic acids is 1. The molecule has 0 bridgehead atoms. The molecule has 3 rings (SSSR count). The third kappa shape index (κ3) is 8.44. The van der Waals surface area contributed by atoms with Gasteiger partial charge in [-0.2, -0.15) is 0 Å². The quantitative estimate of drug-likeness (QED) is 0.250. The molecule has 0 unspecified atom stereocenters. The van der Waals surface area contributed by atoms with Crippen LogP contribution in [0.1, 0.15) is 30.6 Å². The van der Waals surface area contributed by atoms with Gasteiger partial charge in [-0.25, -0.2) is 8.42 Å². The lowest BCUT2D eigenvalue weighted by atomic mass is 10.1. The van der Waals surface area contributed by atoms with Crippen molar-refractivity contribution in [1.29, 1.82) is 0 Å². The van der Waals surface area contributed by atoms with Crippen molar-refractivity contribution in [3.8, 4) is 11.5 Å². The predicted molar refractivity (Wildman–Crippen MR) is 153 cm³/mol. The van der Waals surface area contributed by atoms with Crippen LogP contribution >= 0.6 is 28.1 Å². The molecule has 0 spiro atoms. The number of anilines is 2. The molecule has 3 aromatic rings. The number of hydrogen-bond acceptors (Lipinski definition) is 6. The molecule has 0 aliphatic rings. The number of carbonyl (C=O) groups is 1. The van der Waals surface area contributed by atoms with Crippen molar-refractivity contribution < 1.29 is 22.7 Å². The maximum absolute atomic E-state index is 12.9. The number of rotatable bonds is 10. The number of sulfonamides is 1. The summed E-state index contributed by atoms with van der Waals surface area (Å²) in [6.07, 6.45) is 0.860. The van der Waals surface area contributed by atoms with Crippen LogP contribution in [0.25, 0.3) is 0 Å². The van der Waals surface area contributed by atoms with Crippen LogP contribution in [-0.4, -0.2) is 33.2 Å². The van der Waals surface area contributed by atoms with Crippen molar-refractivity contribution in [3.63, 3.8) is 0 Å². The van der Waals surface area contributed by atoms with Crippen LogP contribution in [0, 0.1) is 5.92 Å². The third-order valence-electron chi connectivity index (χ3n) is 5.13. The van der Waals surface area contributed by atoms with Gasteiger partial charge in [-0.15, -0.1) is 0 Å². The topological polar surface area (TPSA) is 106 Å². The zero-order valence-electron chi connectivity index (χ0n) is 20.6. The standard InChI is InChI=1S/C26H28BrN3O5S2/c1-17(2)14-15-35-24-13-4-18(27)16-23(24)25(31)29-26(36)28-19-7-11-22(12-8-19)37(32,33)30-20-5-9-21(34-3)10-6-20/h4-13,16-17,30H,14-15H2,1-3H3,(H2,28,29,31,36). The maximum Gasteiger partial charge on any atom is 0.261 e. The Labute approximate surface area is 230 Å². The fourth-order valence-electron chi connectivity index (χ4n) is 3.13. The van der Waals surface area contributed by atoms with Gasteiger partial charge in [0, 0.05) is 15.8 Å². The van der Waals surface area contributed by atoms with Gasteiger partial charge in [0.1, 0.15) is 11.5 Å². The molecule has 196 valence electrons. The van der Waals surface area contributed by atoms with E-state index < -0.39 is 15.9 Å². The van der Waals surface area contributed by atoms with Crippen LogP contribution in [0.15, 0.2) is 76.1 Å². The highest BCUT2D eigenvalue weighted by Gasteiger charge is 2.17. The van der Waals surface area contributed by atoms with Gasteiger partial charge in [0.15, 0.2) is 5.11 Å². The number of methoxy groups -OCH3 is 1. The minimum absolute atomic E-state index is 0.0603. The van der Waals surface area contributed by atoms with Gasteiger partial charge in [0.25, 0.3) is 15.9 Å². The van der Waals surface area contributed by atoms with Crippen LogP contribution in [0.5, 0.6) is 11.5 Å². The van der Waals surface area contributed by atoms with Crippen LogP contribution in [0.2, 0.25) is 0 Å². The summed E-state index contributed by atoms with van der Waals surface area (Å²) >= 11 is 8.67. The molecule has 3 aromatic carbocycles. The summed E-state index contributed by atoms with van der Waals surface area (Å²) in [4.78, 5) is 13.0. The number of halogens is 1. The Morgan fingerprint density at radius 2 is 1.65 bits per heavy atom. The highest BCUT2D eigenvalue weighted by atomic mass is 79.9. The molecular weight excluding hydrogens is 578 g/mol. The van der Waals surface area contributed by atoms with E-state index in [2.05, 4.69) is 45.1 Å². The fourth-order valence-corrected chi connectivity index (χ4v) is 4.76. The van der Waals surface area contributed by atoms with E-state index in [4.69, 9.17) is 21.7 Å². The first-order valence-corrected chi connectivity index (χ1v) is 14.1. The Balaban J connectivity index is 1.62. The number of nitrogens with one attached hydrogen (secondary N) is 3. The molecule has 3 N–H and O–H groups in total. The van der Waals surface area contributed by atoms with E-state index in [1.807, 2.05) is 0 Å².